The quantitative estimate of drug-likeness (QED) is 0.785. The summed E-state index contributed by atoms with van der Waals surface area (Å²) in [5, 5.41) is 7.11. The minimum absolute atomic E-state index is 0.253. The van der Waals surface area contributed by atoms with E-state index >= 15 is 0 Å². The van der Waals surface area contributed by atoms with Crippen LogP contribution in [0.3, 0.4) is 0 Å². The number of ether oxygens (including phenoxy) is 1. The highest BCUT2D eigenvalue weighted by atomic mass is 16.5. The van der Waals surface area contributed by atoms with E-state index in [0.29, 0.717) is 19.1 Å². The molecule has 1 fully saturated rings. The van der Waals surface area contributed by atoms with E-state index in [-0.39, 0.29) is 5.91 Å². The van der Waals surface area contributed by atoms with E-state index in [1.54, 1.807) is 7.11 Å². The molecule has 0 aromatic heterocycles. The second-order valence-corrected chi connectivity index (χ2v) is 6.44. The summed E-state index contributed by atoms with van der Waals surface area (Å²) in [4.78, 5) is 14.2. The molecule has 2 N–H and O–H groups in total. The van der Waals surface area contributed by atoms with Gasteiger partial charge in [0.2, 0.25) is 5.91 Å². The molecule has 0 aliphatic carbocycles. The third kappa shape index (κ3) is 4.03. The minimum Gasteiger partial charge on any atom is -0.385 e. The van der Waals surface area contributed by atoms with Crippen molar-refractivity contribution in [1.82, 2.24) is 10.2 Å². The molecule has 1 aromatic carbocycles. The highest BCUT2D eigenvalue weighted by molar-refractivity contribution is 5.76. The van der Waals surface area contributed by atoms with Gasteiger partial charge in [0.25, 0.3) is 0 Å². The van der Waals surface area contributed by atoms with Crippen molar-refractivity contribution in [3.63, 3.8) is 0 Å². The number of methoxy groups -OCH3 is 1. The fraction of sp³-hybridized carbons (Fsp3) is 0.611. The summed E-state index contributed by atoms with van der Waals surface area (Å²) in [6, 6.07) is 6.88. The second-order valence-electron chi connectivity index (χ2n) is 6.44. The number of amides is 1. The summed E-state index contributed by atoms with van der Waals surface area (Å²) in [5.41, 5.74) is 4.07. The van der Waals surface area contributed by atoms with Gasteiger partial charge >= 0.3 is 0 Å². The van der Waals surface area contributed by atoms with E-state index in [2.05, 4.69) is 28.8 Å². The average molecular weight is 317 g/mol. The third-order valence-electron chi connectivity index (χ3n) is 4.79. The van der Waals surface area contributed by atoms with Crippen molar-refractivity contribution in [2.45, 2.75) is 38.3 Å². The Morgan fingerprint density at radius 3 is 3.26 bits per heavy atom. The van der Waals surface area contributed by atoms with Gasteiger partial charge in [0.05, 0.1) is 0 Å². The van der Waals surface area contributed by atoms with Gasteiger partial charge in [0.1, 0.15) is 0 Å². The molecule has 2 aliphatic rings. The fourth-order valence-electron chi connectivity index (χ4n) is 3.50. The molecular formula is C18H27N3O2. The zero-order valence-corrected chi connectivity index (χ0v) is 13.9. The summed E-state index contributed by atoms with van der Waals surface area (Å²) < 4.78 is 5.02. The number of fused-ring (bicyclic) bond motifs is 1. The van der Waals surface area contributed by atoms with E-state index < -0.39 is 0 Å². The van der Waals surface area contributed by atoms with E-state index in [1.165, 1.54) is 16.8 Å². The van der Waals surface area contributed by atoms with Gasteiger partial charge in [-0.25, -0.2) is 0 Å². The molecule has 1 atom stereocenters. The molecule has 0 spiro atoms. The first-order valence-electron chi connectivity index (χ1n) is 8.62. The molecule has 5 nitrogen and oxygen atoms in total. The maximum atomic E-state index is 12.2. The number of hydrogen-bond donors (Lipinski definition) is 2. The van der Waals surface area contributed by atoms with E-state index in [1.807, 2.05) is 4.90 Å². The fourth-order valence-corrected chi connectivity index (χ4v) is 3.50. The van der Waals surface area contributed by atoms with Crippen LogP contribution < -0.4 is 10.6 Å². The number of hydrogen-bond acceptors (Lipinski definition) is 4. The van der Waals surface area contributed by atoms with Crippen molar-refractivity contribution in [3.8, 4) is 0 Å². The first-order valence-corrected chi connectivity index (χ1v) is 8.62. The zero-order valence-electron chi connectivity index (χ0n) is 13.9. The van der Waals surface area contributed by atoms with Gasteiger partial charge in [-0.1, -0.05) is 12.1 Å². The number of benzene rings is 1. The Balaban J connectivity index is 1.55. The molecule has 1 saturated heterocycles. The van der Waals surface area contributed by atoms with Crippen molar-refractivity contribution < 1.29 is 9.53 Å². The maximum Gasteiger partial charge on any atom is 0.222 e. The molecule has 2 aliphatic heterocycles. The highest BCUT2D eigenvalue weighted by Gasteiger charge is 2.26. The van der Waals surface area contributed by atoms with Crippen LogP contribution in [0, 0.1) is 0 Å². The molecule has 5 heteroatoms. The SMILES string of the molecule is COCCCC(=O)N1CCC(Nc2cccc3c2CNCC3)C1. The van der Waals surface area contributed by atoms with E-state index in [0.717, 1.165) is 45.4 Å². The largest absolute Gasteiger partial charge is 0.385 e. The summed E-state index contributed by atoms with van der Waals surface area (Å²) in [7, 11) is 1.68. The molecule has 1 aromatic rings. The molecule has 0 bridgehead atoms. The Morgan fingerprint density at radius 1 is 1.48 bits per heavy atom. The van der Waals surface area contributed by atoms with Crippen LogP contribution in [0.15, 0.2) is 18.2 Å². The summed E-state index contributed by atoms with van der Waals surface area (Å²) >= 11 is 0. The Hall–Kier alpha value is -1.59. The maximum absolute atomic E-state index is 12.2. The molecule has 0 radical (unpaired) electrons. The lowest BCUT2D eigenvalue weighted by atomic mass is 9.99. The molecular weight excluding hydrogens is 290 g/mol. The van der Waals surface area contributed by atoms with Crippen LogP contribution in [0.1, 0.15) is 30.4 Å². The van der Waals surface area contributed by atoms with Gasteiger partial charge in [-0.3, -0.25) is 4.79 Å². The first-order chi connectivity index (χ1) is 11.3. The molecule has 1 unspecified atom stereocenters. The number of nitrogens with zero attached hydrogens (tertiary/aromatic N) is 1. The van der Waals surface area contributed by atoms with Crippen LogP contribution in [-0.2, 0) is 22.5 Å². The van der Waals surface area contributed by atoms with Gasteiger partial charge < -0.3 is 20.3 Å². The summed E-state index contributed by atoms with van der Waals surface area (Å²) in [6.07, 6.45) is 3.51. The topological polar surface area (TPSA) is 53.6 Å². The Kier molecular flexibility index (Phi) is 5.51. The highest BCUT2D eigenvalue weighted by Crippen LogP contribution is 2.25. The van der Waals surface area contributed by atoms with E-state index in [4.69, 9.17) is 4.74 Å². The number of carbonyl (C=O) groups excluding carboxylic acids is 1. The van der Waals surface area contributed by atoms with Gasteiger partial charge in [-0.2, -0.15) is 0 Å². The van der Waals surface area contributed by atoms with Gasteiger partial charge in [0, 0.05) is 51.5 Å². The lowest BCUT2D eigenvalue weighted by Gasteiger charge is -2.23. The minimum atomic E-state index is 0.253. The molecule has 126 valence electrons. The monoisotopic (exact) mass is 317 g/mol. The predicted molar refractivity (Wildman–Crippen MR) is 91.6 cm³/mol. The van der Waals surface area contributed by atoms with Crippen molar-refractivity contribution in [1.29, 1.82) is 0 Å². The van der Waals surface area contributed by atoms with Gasteiger partial charge in [-0.15, -0.1) is 0 Å². The van der Waals surface area contributed by atoms with Crippen LogP contribution in [-0.4, -0.2) is 50.2 Å². The van der Waals surface area contributed by atoms with Crippen LogP contribution in [0.2, 0.25) is 0 Å². The predicted octanol–water partition coefficient (Wildman–Crippen LogP) is 1.77. The third-order valence-corrected chi connectivity index (χ3v) is 4.79. The van der Waals surface area contributed by atoms with Crippen molar-refractivity contribution in [3.05, 3.63) is 29.3 Å². The lowest BCUT2D eigenvalue weighted by molar-refractivity contribution is -0.130. The number of carbonyl (C=O) groups is 1. The standard InChI is InChI=1S/C18H27N3O2/c1-23-11-3-6-18(22)21-10-8-15(13-21)20-17-5-2-4-14-7-9-19-12-16(14)17/h2,4-5,15,19-20H,3,6-13H2,1H3. The molecule has 3 rings (SSSR count). The first kappa shape index (κ1) is 16.3. The van der Waals surface area contributed by atoms with Crippen LogP contribution in [0.25, 0.3) is 0 Å². The molecule has 23 heavy (non-hydrogen) atoms. The smallest absolute Gasteiger partial charge is 0.222 e. The van der Waals surface area contributed by atoms with Crippen molar-refractivity contribution >= 4 is 11.6 Å². The average Bonchev–Trinajstić information content (AvgIpc) is 3.04. The Labute approximate surface area is 138 Å². The van der Waals surface area contributed by atoms with Crippen LogP contribution in [0.5, 0.6) is 0 Å². The number of nitrogens with one attached hydrogen (secondary N) is 2. The normalized spacial score (nSPS) is 20.4. The van der Waals surface area contributed by atoms with Crippen molar-refractivity contribution in [2.75, 3.05) is 38.7 Å². The zero-order chi connectivity index (χ0) is 16.1. The summed E-state index contributed by atoms with van der Waals surface area (Å²) in [6.45, 7) is 4.32. The Bertz CT molecular complexity index is 547. The Morgan fingerprint density at radius 2 is 2.39 bits per heavy atom. The second kappa shape index (κ2) is 7.79. The van der Waals surface area contributed by atoms with Crippen LogP contribution in [0.4, 0.5) is 5.69 Å². The number of rotatable bonds is 6. The van der Waals surface area contributed by atoms with Gasteiger partial charge in [0.15, 0.2) is 0 Å². The number of anilines is 1. The lowest BCUT2D eigenvalue weighted by Crippen LogP contribution is -2.32. The van der Waals surface area contributed by atoms with Crippen molar-refractivity contribution in [2.24, 2.45) is 0 Å². The molecule has 1 amide bonds. The van der Waals surface area contributed by atoms with Gasteiger partial charge in [-0.05, 0) is 43.0 Å². The molecule has 0 saturated carbocycles. The van der Waals surface area contributed by atoms with Crippen LogP contribution >= 0.6 is 0 Å². The van der Waals surface area contributed by atoms with E-state index in [9.17, 15) is 4.79 Å². The number of likely N-dealkylation sites (tertiary alicyclic amines) is 1. The molecule has 2 heterocycles. The summed E-state index contributed by atoms with van der Waals surface area (Å²) in [5.74, 6) is 0.253.